The van der Waals surface area contributed by atoms with Crippen LogP contribution in [0.25, 0.3) is 0 Å². The first-order valence-corrected chi connectivity index (χ1v) is 6.68. The zero-order valence-corrected chi connectivity index (χ0v) is 11.6. The molecule has 1 aliphatic rings. The van der Waals surface area contributed by atoms with Crippen LogP contribution >= 0.6 is 0 Å². The van der Waals surface area contributed by atoms with Crippen molar-refractivity contribution < 1.29 is 19.4 Å². The third-order valence-electron chi connectivity index (χ3n) is 3.49. The molecule has 110 valence electrons. The van der Waals surface area contributed by atoms with E-state index in [9.17, 15) is 9.90 Å². The van der Waals surface area contributed by atoms with Gasteiger partial charge in [-0.2, -0.15) is 0 Å². The van der Waals surface area contributed by atoms with Crippen molar-refractivity contribution in [2.45, 2.75) is 6.10 Å². The first-order chi connectivity index (χ1) is 9.72. The lowest BCUT2D eigenvalue weighted by Gasteiger charge is -2.31. The van der Waals surface area contributed by atoms with Gasteiger partial charge in [-0.1, -0.05) is 0 Å². The molecular weight excluding hydrogens is 260 g/mol. The molecule has 0 saturated carbocycles. The topological polar surface area (TPSA) is 71.9 Å². The summed E-state index contributed by atoms with van der Waals surface area (Å²) < 4.78 is 10.1. The van der Waals surface area contributed by atoms with Gasteiger partial charge in [-0.15, -0.1) is 0 Å². The molecule has 0 aromatic carbocycles. The Labute approximate surface area is 118 Å². The third kappa shape index (κ3) is 3.75. The first kappa shape index (κ1) is 14.9. The zero-order chi connectivity index (χ0) is 14.4. The number of pyridine rings is 1. The minimum Gasteiger partial charge on any atom is -0.469 e. The smallest absolute Gasteiger partial charge is 0.312 e. The van der Waals surface area contributed by atoms with Crippen LogP contribution in [-0.4, -0.2) is 60.9 Å². The van der Waals surface area contributed by atoms with Crippen molar-refractivity contribution in [3.8, 4) is 0 Å². The number of aliphatic hydroxyl groups excluding tert-OH is 1. The molecule has 0 aliphatic carbocycles. The zero-order valence-electron chi connectivity index (χ0n) is 11.6. The molecule has 1 N–H and O–H groups in total. The number of carbonyl (C=O) groups is 1. The van der Waals surface area contributed by atoms with E-state index < -0.39 is 18.0 Å². The number of nitrogens with zero attached hydrogens (tertiary/aromatic N) is 2. The largest absolute Gasteiger partial charge is 0.469 e. The molecule has 1 aliphatic heterocycles. The molecule has 0 radical (unpaired) electrons. The minimum atomic E-state index is -0.895. The van der Waals surface area contributed by atoms with E-state index in [1.165, 1.54) is 7.11 Å². The Kier molecular flexibility index (Phi) is 5.46. The lowest BCUT2D eigenvalue weighted by molar-refractivity contribution is -0.151. The Balaban J connectivity index is 2.08. The standard InChI is InChI=1S/C14H20N2O4/c1-19-14(18)12(10-16-6-8-20-9-7-16)13(17)11-2-4-15-5-3-11/h2-5,12-13,17H,6-10H2,1H3/t12-,13+/m1/s1. The summed E-state index contributed by atoms with van der Waals surface area (Å²) in [5.74, 6) is -1.01. The van der Waals surface area contributed by atoms with E-state index in [2.05, 4.69) is 9.88 Å². The SMILES string of the molecule is COC(=O)[C@H](CN1CCOCC1)[C@@H](O)c1ccncc1. The van der Waals surface area contributed by atoms with Crippen molar-refractivity contribution >= 4 is 5.97 Å². The molecule has 1 fully saturated rings. The van der Waals surface area contributed by atoms with Gasteiger partial charge < -0.3 is 14.6 Å². The summed E-state index contributed by atoms with van der Waals surface area (Å²) in [6.45, 7) is 3.28. The predicted octanol–water partition coefficient (Wildman–Crippen LogP) is 0.236. The van der Waals surface area contributed by atoms with Gasteiger partial charge in [0.15, 0.2) is 0 Å². The Hall–Kier alpha value is -1.50. The molecule has 0 amide bonds. The normalized spacial score (nSPS) is 19.3. The van der Waals surface area contributed by atoms with Gasteiger partial charge in [-0.05, 0) is 17.7 Å². The van der Waals surface area contributed by atoms with Crippen LogP contribution in [0.4, 0.5) is 0 Å². The van der Waals surface area contributed by atoms with Gasteiger partial charge >= 0.3 is 5.97 Å². The van der Waals surface area contributed by atoms with Crippen molar-refractivity contribution in [2.24, 2.45) is 5.92 Å². The third-order valence-corrected chi connectivity index (χ3v) is 3.49. The highest BCUT2D eigenvalue weighted by Crippen LogP contribution is 2.24. The van der Waals surface area contributed by atoms with Gasteiger partial charge in [0.05, 0.1) is 32.3 Å². The summed E-state index contributed by atoms with van der Waals surface area (Å²) in [6, 6.07) is 3.42. The van der Waals surface area contributed by atoms with Gasteiger partial charge in [-0.3, -0.25) is 14.7 Å². The average Bonchev–Trinajstić information content (AvgIpc) is 2.53. The highest BCUT2D eigenvalue weighted by atomic mass is 16.5. The van der Waals surface area contributed by atoms with Crippen LogP contribution < -0.4 is 0 Å². The highest BCUT2D eigenvalue weighted by Gasteiger charge is 2.31. The molecule has 0 unspecified atom stereocenters. The number of methoxy groups -OCH3 is 1. The summed E-state index contributed by atoms with van der Waals surface area (Å²) in [5.41, 5.74) is 0.670. The molecule has 20 heavy (non-hydrogen) atoms. The maximum atomic E-state index is 11.9. The number of carbonyl (C=O) groups excluding carboxylic acids is 1. The van der Waals surface area contributed by atoms with Crippen molar-refractivity contribution in [1.29, 1.82) is 0 Å². The quantitative estimate of drug-likeness (QED) is 0.779. The molecule has 0 bridgehead atoms. The Morgan fingerprint density at radius 2 is 2.10 bits per heavy atom. The number of morpholine rings is 1. The van der Waals surface area contributed by atoms with Crippen LogP contribution in [0.3, 0.4) is 0 Å². The summed E-state index contributed by atoms with van der Waals surface area (Å²) in [7, 11) is 1.34. The van der Waals surface area contributed by atoms with Crippen LogP contribution in [0, 0.1) is 5.92 Å². The van der Waals surface area contributed by atoms with Crippen molar-refractivity contribution in [2.75, 3.05) is 40.0 Å². The fraction of sp³-hybridized carbons (Fsp3) is 0.571. The van der Waals surface area contributed by atoms with Crippen LogP contribution in [-0.2, 0) is 14.3 Å². The van der Waals surface area contributed by atoms with E-state index >= 15 is 0 Å². The number of ether oxygens (including phenoxy) is 2. The van der Waals surface area contributed by atoms with Gasteiger partial charge in [0.2, 0.25) is 0 Å². The Morgan fingerprint density at radius 1 is 1.45 bits per heavy atom. The van der Waals surface area contributed by atoms with Crippen LogP contribution in [0.15, 0.2) is 24.5 Å². The van der Waals surface area contributed by atoms with Crippen molar-refractivity contribution in [3.05, 3.63) is 30.1 Å². The van der Waals surface area contributed by atoms with E-state index in [4.69, 9.17) is 9.47 Å². The lowest BCUT2D eigenvalue weighted by Crippen LogP contribution is -2.43. The molecule has 2 rings (SSSR count). The molecular formula is C14H20N2O4. The average molecular weight is 280 g/mol. The monoisotopic (exact) mass is 280 g/mol. The van der Waals surface area contributed by atoms with Gasteiger partial charge in [0.25, 0.3) is 0 Å². The number of hydrogen-bond donors (Lipinski definition) is 1. The van der Waals surface area contributed by atoms with Gasteiger partial charge in [-0.25, -0.2) is 0 Å². The molecule has 2 heterocycles. The predicted molar refractivity (Wildman–Crippen MR) is 72.0 cm³/mol. The second-order valence-corrected chi connectivity index (χ2v) is 4.77. The van der Waals surface area contributed by atoms with Crippen LogP contribution in [0.2, 0.25) is 0 Å². The highest BCUT2D eigenvalue weighted by molar-refractivity contribution is 5.73. The summed E-state index contributed by atoms with van der Waals surface area (Å²) in [6.07, 6.45) is 2.30. The Morgan fingerprint density at radius 3 is 2.70 bits per heavy atom. The van der Waals surface area contributed by atoms with Gasteiger partial charge in [0, 0.05) is 32.0 Å². The van der Waals surface area contributed by atoms with E-state index in [0.717, 1.165) is 13.1 Å². The first-order valence-electron chi connectivity index (χ1n) is 6.68. The number of esters is 1. The number of aliphatic hydroxyl groups is 1. The van der Waals surface area contributed by atoms with E-state index in [1.807, 2.05) is 0 Å². The fourth-order valence-corrected chi connectivity index (χ4v) is 2.31. The lowest BCUT2D eigenvalue weighted by atomic mass is 9.95. The van der Waals surface area contributed by atoms with Crippen LogP contribution in [0.5, 0.6) is 0 Å². The van der Waals surface area contributed by atoms with Crippen molar-refractivity contribution in [1.82, 2.24) is 9.88 Å². The van der Waals surface area contributed by atoms with Crippen LogP contribution in [0.1, 0.15) is 11.7 Å². The maximum absolute atomic E-state index is 11.9. The van der Waals surface area contributed by atoms with Crippen molar-refractivity contribution in [3.63, 3.8) is 0 Å². The van der Waals surface area contributed by atoms with E-state index in [-0.39, 0.29) is 0 Å². The molecule has 2 atom stereocenters. The fourth-order valence-electron chi connectivity index (χ4n) is 2.31. The summed E-state index contributed by atoms with van der Waals surface area (Å²) in [5, 5.41) is 10.4. The van der Waals surface area contributed by atoms with Gasteiger partial charge in [0.1, 0.15) is 0 Å². The maximum Gasteiger partial charge on any atom is 0.312 e. The van der Waals surface area contributed by atoms with E-state index in [1.54, 1.807) is 24.5 Å². The summed E-state index contributed by atoms with van der Waals surface area (Å²) >= 11 is 0. The number of rotatable bonds is 5. The second kappa shape index (κ2) is 7.33. The number of hydrogen-bond acceptors (Lipinski definition) is 6. The van der Waals surface area contributed by atoms with E-state index in [0.29, 0.717) is 25.3 Å². The summed E-state index contributed by atoms with van der Waals surface area (Å²) in [4.78, 5) is 18.0. The molecule has 0 spiro atoms. The molecule has 1 saturated heterocycles. The molecule has 6 nitrogen and oxygen atoms in total. The molecule has 6 heteroatoms. The minimum absolute atomic E-state index is 0.402. The Bertz CT molecular complexity index is 420. The molecule has 1 aromatic heterocycles. The second-order valence-electron chi connectivity index (χ2n) is 4.77. The molecule has 1 aromatic rings. The number of aromatic nitrogens is 1.